The number of rotatable bonds is 27. The molecule has 0 bridgehead atoms. The smallest absolute Gasteiger partial charge is 0.352 e. The second-order valence-electron chi connectivity index (χ2n) is 7.28. The molecule has 0 heterocycles. The zero-order chi connectivity index (χ0) is 29.0. The van der Waals surface area contributed by atoms with E-state index in [0.29, 0.717) is 13.0 Å². The summed E-state index contributed by atoms with van der Waals surface area (Å²) in [7, 11) is -15.6. The van der Waals surface area contributed by atoms with E-state index in [1.165, 1.54) is 0 Å². The van der Waals surface area contributed by atoms with Gasteiger partial charge in [0.25, 0.3) is 0 Å². The summed E-state index contributed by atoms with van der Waals surface area (Å²) < 4.78 is 74.5. The molecule has 0 aliphatic rings. The molecule has 0 amide bonds. The Morgan fingerprint density at radius 2 is 0.605 bits per heavy atom. The summed E-state index contributed by atoms with van der Waals surface area (Å²) in [6.45, 7) is 19.2. The Bertz CT molecular complexity index is 464. The van der Waals surface area contributed by atoms with E-state index in [1.807, 2.05) is 62.3 Å². The summed E-state index contributed by atoms with van der Waals surface area (Å²) in [6.07, 6.45) is 0.463. The molecule has 0 aliphatic carbocycles. The number of hydrogen-bond donors (Lipinski definition) is 1. The molecule has 0 fully saturated rings. The first-order valence-corrected chi connectivity index (χ1v) is 20.6. The lowest BCUT2D eigenvalue weighted by Gasteiger charge is -2.43. The van der Waals surface area contributed by atoms with Crippen molar-refractivity contribution in [3.05, 3.63) is 0 Å². The van der Waals surface area contributed by atoms with E-state index in [2.05, 4.69) is 0 Å². The van der Waals surface area contributed by atoms with Crippen molar-refractivity contribution in [2.75, 3.05) is 66.0 Å². The Morgan fingerprint density at radius 3 is 0.763 bits per heavy atom. The van der Waals surface area contributed by atoms with Gasteiger partial charge in [-0.2, -0.15) is 0 Å². The maximum atomic E-state index is 6.74. The third-order valence-electron chi connectivity index (χ3n) is 4.42. The van der Waals surface area contributed by atoms with Crippen LogP contribution in [0.15, 0.2) is 0 Å². The molecule has 0 radical (unpaired) electrons. The van der Waals surface area contributed by atoms with Gasteiger partial charge in [-0.25, -0.2) is 0 Å². The van der Waals surface area contributed by atoms with E-state index >= 15 is 0 Å². The second-order valence-corrected chi connectivity index (χ2v) is 17.2. The van der Waals surface area contributed by atoms with Crippen LogP contribution in [0.2, 0.25) is 6.04 Å². The summed E-state index contributed by atoms with van der Waals surface area (Å²) >= 11 is 0. The molecule has 17 heteroatoms. The van der Waals surface area contributed by atoms with Crippen molar-refractivity contribution in [3.8, 4) is 0 Å². The lowest BCUT2D eigenvalue weighted by Crippen LogP contribution is -2.70. The summed E-state index contributed by atoms with van der Waals surface area (Å²) in [5.41, 5.74) is 5.96. The summed E-state index contributed by atoms with van der Waals surface area (Å²) in [5.74, 6) is 0. The molecular formula is C21H53NO12Si4. The lowest BCUT2D eigenvalue weighted by atomic mass is 10.5. The van der Waals surface area contributed by atoms with Gasteiger partial charge in [0, 0.05) is 65.5 Å². The van der Waals surface area contributed by atoms with Crippen molar-refractivity contribution in [2.24, 2.45) is 5.73 Å². The molecule has 2 N–H and O–H groups in total. The van der Waals surface area contributed by atoms with E-state index in [0.717, 1.165) is 0 Å². The normalized spacial score (nSPS) is 13.4. The Balaban J connectivity index is 7.21. The first-order chi connectivity index (χ1) is 18.2. The molecule has 0 spiro atoms. The molecule has 0 aromatic rings. The van der Waals surface area contributed by atoms with Gasteiger partial charge in [0.1, 0.15) is 0 Å². The molecular weight excluding hydrogens is 571 g/mol. The fourth-order valence-electron chi connectivity index (χ4n) is 3.34. The predicted molar refractivity (Wildman–Crippen MR) is 149 cm³/mol. The molecule has 38 heavy (non-hydrogen) atoms. The Labute approximate surface area is 234 Å². The first kappa shape index (κ1) is 38.3. The third kappa shape index (κ3) is 12.9. The number of hydrogen-bond acceptors (Lipinski definition) is 13. The molecule has 0 aliphatic heterocycles. The van der Waals surface area contributed by atoms with Crippen molar-refractivity contribution < 1.29 is 52.2 Å². The monoisotopic (exact) mass is 623 g/mol. The fourth-order valence-corrected chi connectivity index (χ4v) is 17.4. The molecule has 230 valence electrons. The zero-order valence-corrected chi connectivity index (χ0v) is 29.0. The van der Waals surface area contributed by atoms with Gasteiger partial charge in [-0.05, 0) is 75.3 Å². The molecule has 0 rings (SSSR count). The average Bonchev–Trinajstić information content (AvgIpc) is 2.84. The Morgan fingerprint density at radius 1 is 0.395 bits per heavy atom. The highest BCUT2D eigenvalue weighted by molar-refractivity contribution is 6.82. The minimum Gasteiger partial charge on any atom is -0.352 e. The van der Waals surface area contributed by atoms with Crippen LogP contribution in [0.5, 0.6) is 0 Å². The summed E-state index contributed by atoms with van der Waals surface area (Å²) in [4.78, 5) is 0. The van der Waals surface area contributed by atoms with Crippen LogP contribution >= 0.6 is 0 Å². The van der Waals surface area contributed by atoms with Gasteiger partial charge >= 0.3 is 35.9 Å². The van der Waals surface area contributed by atoms with Crippen LogP contribution in [0.1, 0.15) is 68.7 Å². The van der Waals surface area contributed by atoms with Crippen LogP contribution in [-0.4, -0.2) is 102 Å². The highest BCUT2D eigenvalue weighted by Crippen LogP contribution is 2.33. The molecule has 0 unspecified atom stereocenters. The van der Waals surface area contributed by atoms with E-state index in [4.69, 9.17) is 57.9 Å². The summed E-state index contributed by atoms with van der Waals surface area (Å²) in [5, 5.41) is 0. The quantitative estimate of drug-likeness (QED) is 0.134. The minimum absolute atomic E-state index is 0.218. The van der Waals surface area contributed by atoms with E-state index < -0.39 is 35.9 Å². The topological polar surface area (TPSA) is 137 Å². The van der Waals surface area contributed by atoms with E-state index in [1.54, 1.807) is 0 Å². The van der Waals surface area contributed by atoms with Crippen LogP contribution in [0.3, 0.4) is 0 Å². The van der Waals surface area contributed by atoms with Crippen molar-refractivity contribution in [1.82, 2.24) is 0 Å². The maximum Gasteiger partial charge on any atom is 0.672 e. The second kappa shape index (κ2) is 21.1. The van der Waals surface area contributed by atoms with Gasteiger partial charge in [-0.15, -0.1) is 0 Å². The molecule has 0 atom stereocenters. The van der Waals surface area contributed by atoms with Gasteiger partial charge < -0.3 is 57.9 Å². The molecule has 0 saturated heterocycles. The minimum atomic E-state index is -4.08. The van der Waals surface area contributed by atoms with Crippen LogP contribution in [-0.2, 0) is 52.2 Å². The maximum absolute atomic E-state index is 6.74. The predicted octanol–water partition coefficient (Wildman–Crippen LogP) is 2.96. The molecule has 13 nitrogen and oxygen atoms in total. The molecule has 0 aromatic heterocycles. The third-order valence-corrected chi connectivity index (χ3v) is 17.9. The van der Waals surface area contributed by atoms with Crippen LogP contribution in [0, 0.1) is 0 Å². The lowest BCUT2D eigenvalue weighted by molar-refractivity contribution is -0.0545. The van der Waals surface area contributed by atoms with Gasteiger partial charge in [0.05, 0.1) is 0 Å². The van der Waals surface area contributed by atoms with Gasteiger partial charge in [-0.3, -0.25) is 0 Å². The average molecular weight is 624 g/mol. The van der Waals surface area contributed by atoms with E-state index in [9.17, 15) is 0 Å². The first-order valence-electron chi connectivity index (χ1n) is 13.8. The van der Waals surface area contributed by atoms with Crippen molar-refractivity contribution >= 4 is 35.9 Å². The SMILES string of the molecule is CCO[Si](OCC)(OCC)O[Si](CCCN)(O[Si](OCC)(OCC)OCC)O[Si](OCC)(OCC)OCC. The van der Waals surface area contributed by atoms with Crippen LogP contribution in [0.4, 0.5) is 0 Å². The van der Waals surface area contributed by atoms with Gasteiger partial charge in [0.2, 0.25) is 0 Å². The van der Waals surface area contributed by atoms with Crippen molar-refractivity contribution in [2.45, 2.75) is 74.8 Å². The highest BCUT2D eigenvalue weighted by atomic mass is 28.5. The largest absolute Gasteiger partial charge is 0.672 e. The summed E-state index contributed by atoms with van der Waals surface area (Å²) in [6, 6.07) is 0.218. The van der Waals surface area contributed by atoms with Crippen molar-refractivity contribution in [1.29, 1.82) is 0 Å². The van der Waals surface area contributed by atoms with Gasteiger partial charge in [-0.1, -0.05) is 0 Å². The van der Waals surface area contributed by atoms with Crippen LogP contribution < -0.4 is 5.73 Å². The van der Waals surface area contributed by atoms with E-state index in [-0.39, 0.29) is 65.5 Å². The fraction of sp³-hybridized carbons (Fsp3) is 1.00. The molecule has 0 aromatic carbocycles. The highest BCUT2D eigenvalue weighted by Gasteiger charge is 2.67. The van der Waals surface area contributed by atoms with Gasteiger partial charge in [0.15, 0.2) is 0 Å². The standard InChI is InChI=1S/C21H53NO12Si4/c1-10-23-36(24-11-2,25-12-3)32-35(21-19-20-22,33-37(26-13-4,27-14-5)28-15-6)34-38(29-16-7,30-17-8)31-18-9/h10-22H2,1-9H3. The molecule has 0 saturated carbocycles. The zero-order valence-electron chi connectivity index (χ0n) is 25.0. The Hall–Kier alpha value is 0.348. The van der Waals surface area contributed by atoms with Crippen LogP contribution in [0.25, 0.3) is 0 Å². The Kier molecular flexibility index (Phi) is 21.3. The number of nitrogens with two attached hydrogens (primary N) is 1. The van der Waals surface area contributed by atoms with Crippen molar-refractivity contribution in [3.63, 3.8) is 0 Å².